The van der Waals surface area contributed by atoms with Crippen LogP contribution in [0.4, 0.5) is 4.39 Å². The average molecular weight is 276 g/mol. The van der Waals surface area contributed by atoms with Gasteiger partial charge in [-0.1, -0.05) is 0 Å². The van der Waals surface area contributed by atoms with E-state index < -0.39 is 5.97 Å². The fourth-order valence-electron chi connectivity index (χ4n) is 2.02. The summed E-state index contributed by atoms with van der Waals surface area (Å²) < 4.78 is 15.6. The zero-order valence-electron chi connectivity index (χ0n) is 9.92. The molecule has 2 heterocycles. The highest BCUT2D eigenvalue weighted by Crippen LogP contribution is 2.35. The molecule has 96 valence electrons. The smallest absolute Gasteiger partial charge is 0.339 e. The lowest BCUT2D eigenvalue weighted by molar-refractivity contribution is 0.0697. The van der Waals surface area contributed by atoms with Gasteiger partial charge in [-0.05, 0) is 29.7 Å². The summed E-state index contributed by atoms with van der Waals surface area (Å²) in [5.41, 5.74) is 0.684. The minimum atomic E-state index is -1.02. The van der Waals surface area contributed by atoms with Crippen molar-refractivity contribution in [3.05, 3.63) is 41.8 Å². The van der Waals surface area contributed by atoms with E-state index in [1.807, 2.05) is 0 Å². The van der Waals surface area contributed by atoms with Crippen molar-refractivity contribution >= 4 is 27.4 Å². The Labute approximate surface area is 111 Å². The maximum atomic E-state index is 13.2. The normalized spacial score (nSPS) is 11.1. The fourth-order valence-corrected chi connectivity index (χ4v) is 3.15. The molecule has 0 fully saturated rings. The predicted molar refractivity (Wildman–Crippen MR) is 70.9 cm³/mol. The lowest BCUT2D eigenvalue weighted by Crippen LogP contribution is -1.99. The first-order chi connectivity index (χ1) is 9.06. The van der Waals surface area contributed by atoms with Crippen LogP contribution in [0.2, 0.25) is 0 Å². The Morgan fingerprint density at radius 1 is 1.42 bits per heavy atom. The Kier molecular flexibility index (Phi) is 2.60. The van der Waals surface area contributed by atoms with E-state index in [4.69, 9.17) is 5.11 Å². The number of hydrogen-bond acceptors (Lipinski definition) is 3. The van der Waals surface area contributed by atoms with Crippen LogP contribution in [0, 0.1) is 5.82 Å². The molecular weight excluding hydrogens is 267 g/mol. The summed E-state index contributed by atoms with van der Waals surface area (Å²) in [5, 5.41) is 13.9. The number of carboxylic acids is 1. The predicted octanol–water partition coefficient (Wildman–Crippen LogP) is 3.14. The molecule has 0 saturated carbocycles. The van der Waals surface area contributed by atoms with Crippen LogP contribution in [0.5, 0.6) is 0 Å². The lowest BCUT2D eigenvalue weighted by Gasteiger charge is -1.99. The Bertz CT molecular complexity index is 791. The topological polar surface area (TPSA) is 55.1 Å². The van der Waals surface area contributed by atoms with Crippen molar-refractivity contribution in [2.45, 2.75) is 0 Å². The number of halogens is 1. The first kappa shape index (κ1) is 11.9. The van der Waals surface area contributed by atoms with Crippen molar-refractivity contribution in [3.63, 3.8) is 0 Å². The van der Waals surface area contributed by atoms with Gasteiger partial charge >= 0.3 is 5.97 Å². The number of fused-ring (bicyclic) bond motifs is 1. The Morgan fingerprint density at radius 3 is 2.95 bits per heavy atom. The quantitative estimate of drug-likeness (QED) is 0.782. The third-order valence-electron chi connectivity index (χ3n) is 2.88. The van der Waals surface area contributed by atoms with Gasteiger partial charge in [0.1, 0.15) is 11.4 Å². The Hall–Kier alpha value is -2.21. The van der Waals surface area contributed by atoms with Gasteiger partial charge < -0.3 is 5.11 Å². The van der Waals surface area contributed by atoms with E-state index in [1.54, 1.807) is 19.2 Å². The van der Waals surface area contributed by atoms with E-state index in [9.17, 15) is 9.18 Å². The van der Waals surface area contributed by atoms with Crippen LogP contribution in [0.1, 0.15) is 10.4 Å². The van der Waals surface area contributed by atoms with Gasteiger partial charge in [-0.15, -0.1) is 11.3 Å². The summed E-state index contributed by atoms with van der Waals surface area (Å²) in [7, 11) is 1.69. The number of thiophene rings is 1. The van der Waals surface area contributed by atoms with E-state index in [0.29, 0.717) is 5.69 Å². The van der Waals surface area contributed by atoms with Crippen molar-refractivity contribution in [1.82, 2.24) is 9.78 Å². The molecule has 0 amide bonds. The van der Waals surface area contributed by atoms with Crippen LogP contribution >= 0.6 is 11.3 Å². The molecule has 19 heavy (non-hydrogen) atoms. The first-order valence-corrected chi connectivity index (χ1v) is 6.32. The van der Waals surface area contributed by atoms with Gasteiger partial charge in [-0.2, -0.15) is 5.10 Å². The number of aromatic carboxylic acids is 1. The van der Waals surface area contributed by atoms with E-state index >= 15 is 0 Å². The van der Waals surface area contributed by atoms with E-state index in [2.05, 4.69) is 5.10 Å². The third-order valence-corrected chi connectivity index (χ3v) is 4.00. The maximum Gasteiger partial charge on any atom is 0.339 e. The fraction of sp³-hybridized carbons (Fsp3) is 0.0769. The monoisotopic (exact) mass is 276 g/mol. The summed E-state index contributed by atoms with van der Waals surface area (Å²) in [6.45, 7) is 0. The van der Waals surface area contributed by atoms with Gasteiger partial charge in [0.05, 0.1) is 16.8 Å². The molecule has 6 heteroatoms. The third kappa shape index (κ3) is 1.90. The van der Waals surface area contributed by atoms with Gasteiger partial charge in [0, 0.05) is 11.7 Å². The highest BCUT2D eigenvalue weighted by Gasteiger charge is 2.18. The van der Waals surface area contributed by atoms with Crippen LogP contribution in [0.25, 0.3) is 20.7 Å². The van der Waals surface area contributed by atoms with Crippen LogP contribution < -0.4 is 0 Å². The molecule has 4 nitrogen and oxygen atoms in total. The second-order valence-electron chi connectivity index (χ2n) is 4.13. The number of rotatable bonds is 2. The van der Waals surface area contributed by atoms with Crippen LogP contribution in [0.3, 0.4) is 0 Å². The van der Waals surface area contributed by atoms with E-state index in [-0.39, 0.29) is 11.4 Å². The molecule has 0 aliphatic carbocycles. The number of aromatic nitrogens is 2. The molecule has 3 aromatic rings. The number of carbonyl (C=O) groups is 1. The van der Waals surface area contributed by atoms with Gasteiger partial charge in [0.15, 0.2) is 0 Å². The highest BCUT2D eigenvalue weighted by molar-refractivity contribution is 7.22. The van der Waals surface area contributed by atoms with Crippen LogP contribution in [-0.4, -0.2) is 20.9 Å². The molecule has 0 radical (unpaired) electrons. The van der Waals surface area contributed by atoms with Crippen molar-refractivity contribution in [1.29, 1.82) is 0 Å². The Morgan fingerprint density at radius 2 is 2.21 bits per heavy atom. The van der Waals surface area contributed by atoms with Gasteiger partial charge in [0.25, 0.3) is 0 Å². The zero-order valence-corrected chi connectivity index (χ0v) is 10.7. The first-order valence-electron chi connectivity index (χ1n) is 5.51. The highest BCUT2D eigenvalue weighted by atomic mass is 32.1. The number of hydrogen-bond donors (Lipinski definition) is 1. The largest absolute Gasteiger partial charge is 0.478 e. The number of benzene rings is 1. The Balaban J connectivity index is 2.24. The standard InChI is InChI=1S/C13H9FN2O2S/c1-16-12(9(6-15-16)13(17)18)11-5-7-4-8(14)2-3-10(7)19-11/h2-6H,1H3,(H,17,18). The van der Waals surface area contributed by atoms with Crippen molar-refractivity contribution in [3.8, 4) is 10.6 Å². The summed E-state index contributed by atoms with van der Waals surface area (Å²) >= 11 is 1.42. The molecule has 1 N–H and O–H groups in total. The molecule has 0 spiro atoms. The lowest BCUT2D eigenvalue weighted by atomic mass is 10.2. The average Bonchev–Trinajstić information content (AvgIpc) is 2.91. The maximum absolute atomic E-state index is 13.2. The van der Waals surface area contributed by atoms with Gasteiger partial charge in [-0.25, -0.2) is 9.18 Å². The minimum Gasteiger partial charge on any atom is -0.478 e. The summed E-state index contributed by atoms with van der Waals surface area (Å²) in [5.74, 6) is -1.33. The molecule has 0 unspecified atom stereocenters. The molecule has 2 aromatic heterocycles. The molecule has 0 aliphatic heterocycles. The summed E-state index contributed by atoms with van der Waals surface area (Å²) in [4.78, 5) is 11.9. The molecule has 0 atom stereocenters. The molecule has 0 bridgehead atoms. The van der Waals surface area contributed by atoms with Gasteiger partial charge in [-0.3, -0.25) is 4.68 Å². The number of aryl methyl sites for hydroxylation is 1. The number of carboxylic acid groups (broad SMARTS) is 1. The molecule has 0 saturated heterocycles. The van der Waals surface area contributed by atoms with Crippen molar-refractivity contribution < 1.29 is 14.3 Å². The molecular formula is C13H9FN2O2S. The van der Waals surface area contributed by atoms with E-state index in [1.165, 1.54) is 34.3 Å². The zero-order chi connectivity index (χ0) is 13.6. The summed E-state index contributed by atoms with van der Waals surface area (Å²) in [6, 6.07) is 6.30. The number of nitrogens with zero attached hydrogens (tertiary/aromatic N) is 2. The van der Waals surface area contributed by atoms with E-state index in [0.717, 1.165) is 15.0 Å². The second-order valence-corrected chi connectivity index (χ2v) is 5.21. The van der Waals surface area contributed by atoms with Gasteiger partial charge in [0.2, 0.25) is 0 Å². The SMILES string of the molecule is Cn1ncc(C(=O)O)c1-c1cc2cc(F)ccc2s1. The van der Waals surface area contributed by atoms with Crippen molar-refractivity contribution in [2.75, 3.05) is 0 Å². The van der Waals surface area contributed by atoms with Crippen LogP contribution in [-0.2, 0) is 7.05 Å². The molecule has 1 aromatic carbocycles. The molecule has 3 rings (SSSR count). The van der Waals surface area contributed by atoms with Crippen molar-refractivity contribution in [2.24, 2.45) is 7.05 Å². The summed E-state index contributed by atoms with van der Waals surface area (Å²) in [6.07, 6.45) is 1.32. The molecule has 0 aliphatic rings. The second kappa shape index (κ2) is 4.17. The van der Waals surface area contributed by atoms with Crippen LogP contribution in [0.15, 0.2) is 30.5 Å². The minimum absolute atomic E-state index is 0.148.